The first kappa shape index (κ1) is 15.3. The van der Waals surface area contributed by atoms with E-state index in [9.17, 15) is 5.11 Å². The Balaban J connectivity index is 1.98. The van der Waals surface area contributed by atoms with Crippen LogP contribution in [-0.2, 0) is 6.54 Å². The minimum atomic E-state index is 0.239. The van der Waals surface area contributed by atoms with E-state index in [1.165, 1.54) is 31.2 Å². The lowest BCUT2D eigenvalue weighted by Gasteiger charge is -2.28. The second-order valence-corrected chi connectivity index (χ2v) is 5.61. The molecule has 4 heteroatoms. The van der Waals surface area contributed by atoms with Gasteiger partial charge in [-0.15, -0.1) is 0 Å². The summed E-state index contributed by atoms with van der Waals surface area (Å²) >= 11 is 0. The number of nitrogens with one attached hydrogen (secondary N) is 1. The van der Waals surface area contributed by atoms with Crippen LogP contribution in [0.25, 0.3) is 0 Å². The Kier molecular flexibility index (Phi) is 6.27. The van der Waals surface area contributed by atoms with Gasteiger partial charge in [0.25, 0.3) is 0 Å². The minimum absolute atomic E-state index is 0.239. The number of aliphatic hydroxyl groups is 1. The molecule has 0 radical (unpaired) electrons. The van der Waals surface area contributed by atoms with Crippen molar-refractivity contribution in [3.63, 3.8) is 0 Å². The summed E-state index contributed by atoms with van der Waals surface area (Å²) in [6, 6.07) is 4.85. The molecule has 1 aromatic rings. The van der Waals surface area contributed by atoms with E-state index < -0.39 is 0 Å². The summed E-state index contributed by atoms with van der Waals surface area (Å²) in [6.45, 7) is 5.03. The minimum Gasteiger partial charge on any atom is -0.395 e. The van der Waals surface area contributed by atoms with Crippen LogP contribution >= 0.6 is 0 Å². The maximum atomic E-state index is 9.28. The van der Waals surface area contributed by atoms with Gasteiger partial charge in [-0.1, -0.05) is 19.8 Å². The molecule has 1 aromatic heterocycles. The average molecular weight is 277 g/mol. The quantitative estimate of drug-likeness (QED) is 0.767. The Labute approximate surface area is 122 Å². The molecule has 112 valence electrons. The second kappa shape index (κ2) is 8.22. The van der Waals surface area contributed by atoms with Crippen molar-refractivity contribution < 1.29 is 5.11 Å². The second-order valence-electron chi connectivity index (χ2n) is 5.61. The van der Waals surface area contributed by atoms with Crippen molar-refractivity contribution in [2.45, 2.75) is 51.6 Å². The molecule has 0 aromatic carbocycles. The number of anilines is 1. The lowest BCUT2D eigenvalue weighted by molar-refractivity contribution is 0.145. The van der Waals surface area contributed by atoms with Crippen LogP contribution < -0.4 is 5.32 Å². The number of hydrogen-bond donors (Lipinski definition) is 2. The van der Waals surface area contributed by atoms with Crippen molar-refractivity contribution in [3.05, 3.63) is 23.9 Å². The van der Waals surface area contributed by atoms with Gasteiger partial charge in [0, 0.05) is 31.9 Å². The number of hydrogen-bond acceptors (Lipinski definition) is 4. The third-order valence-corrected chi connectivity index (χ3v) is 3.99. The van der Waals surface area contributed by atoms with Gasteiger partial charge in [-0.3, -0.25) is 4.90 Å². The molecule has 0 aliphatic heterocycles. The van der Waals surface area contributed by atoms with Crippen LogP contribution in [0.4, 0.5) is 5.82 Å². The Morgan fingerprint density at radius 3 is 2.90 bits per heavy atom. The van der Waals surface area contributed by atoms with E-state index in [1.807, 2.05) is 6.20 Å². The summed E-state index contributed by atoms with van der Waals surface area (Å²) in [6.07, 6.45) is 8.17. The standard InChI is InChI=1S/C16H27N3O/c1-2-8-17-16-12-14(7-9-18-16)13-19(10-11-20)15-5-3-4-6-15/h7,9,12,15,20H,2-6,8,10-11,13H2,1H3,(H,17,18). The molecular weight excluding hydrogens is 250 g/mol. The lowest BCUT2D eigenvalue weighted by atomic mass is 10.1. The Hall–Kier alpha value is -1.13. The molecule has 20 heavy (non-hydrogen) atoms. The molecule has 0 amide bonds. The van der Waals surface area contributed by atoms with Crippen LogP contribution in [0.1, 0.15) is 44.6 Å². The van der Waals surface area contributed by atoms with Gasteiger partial charge in [0.1, 0.15) is 5.82 Å². The summed E-state index contributed by atoms with van der Waals surface area (Å²) < 4.78 is 0. The van der Waals surface area contributed by atoms with Crippen molar-refractivity contribution in [3.8, 4) is 0 Å². The first-order valence-electron chi connectivity index (χ1n) is 7.87. The molecule has 0 saturated heterocycles. The van der Waals surface area contributed by atoms with Crippen LogP contribution in [-0.4, -0.2) is 40.7 Å². The fourth-order valence-corrected chi connectivity index (χ4v) is 2.95. The highest BCUT2D eigenvalue weighted by molar-refractivity contribution is 5.37. The molecule has 1 saturated carbocycles. The number of pyridine rings is 1. The first-order valence-corrected chi connectivity index (χ1v) is 7.87. The van der Waals surface area contributed by atoms with E-state index in [0.29, 0.717) is 6.04 Å². The SMILES string of the molecule is CCCNc1cc(CN(CCO)C2CCCC2)ccn1. The van der Waals surface area contributed by atoms with Crippen LogP contribution in [0.2, 0.25) is 0 Å². The summed E-state index contributed by atoms with van der Waals surface area (Å²) in [7, 11) is 0. The molecular formula is C16H27N3O. The van der Waals surface area contributed by atoms with Gasteiger partial charge in [0.2, 0.25) is 0 Å². The molecule has 1 fully saturated rings. The Morgan fingerprint density at radius 1 is 1.40 bits per heavy atom. The Bertz CT molecular complexity index is 391. The third kappa shape index (κ3) is 4.46. The van der Waals surface area contributed by atoms with E-state index in [2.05, 4.69) is 34.3 Å². The predicted molar refractivity (Wildman–Crippen MR) is 82.8 cm³/mol. The monoisotopic (exact) mass is 277 g/mol. The van der Waals surface area contributed by atoms with Gasteiger partial charge in [0.15, 0.2) is 0 Å². The van der Waals surface area contributed by atoms with E-state index in [4.69, 9.17) is 0 Å². The van der Waals surface area contributed by atoms with Crippen LogP contribution in [0, 0.1) is 0 Å². The number of aliphatic hydroxyl groups excluding tert-OH is 1. The zero-order valence-corrected chi connectivity index (χ0v) is 12.5. The molecule has 2 rings (SSSR count). The van der Waals surface area contributed by atoms with Gasteiger partial charge in [-0.05, 0) is 37.0 Å². The van der Waals surface area contributed by atoms with Gasteiger partial charge in [-0.25, -0.2) is 4.98 Å². The highest BCUT2D eigenvalue weighted by atomic mass is 16.3. The molecule has 0 unspecified atom stereocenters. The van der Waals surface area contributed by atoms with Crippen molar-refractivity contribution in [1.29, 1.82) is 0 Å². The topological polar surface area (TPSA) is 48.4 Å². The maximum absolute atomic E-state index is 9.28. The molecule has 4 nitrogen and oxygen atoms in total. The molecule has 0 atom stereocenters. The zero-order chi connectivity index (χ0) is 14.2. The van der Waals surface area contributed by atoms with Crippen LogP contribution in [0.3, 0.4) is 0 Å². The van der Waals surface area contributed by atoms with E-state index in [0.717, 1.165) is 31.9 Å². The van der Waals surface area contributed by atoms with Crippen LogP contribution in [0.15, 0.2) is 18.3 Å². The summed E-state index contributed by atoms with van der Waals surface area (Å²) in [5, 5.41) is 12.6. The molecule has 0 bridgehead atoms. The highest BCUT2D eigenvalue weighted by Crippen LogP contribution is 2.25. The van der Waals surface area contributed by atoms with Gasteiger partial charge in [-0.2, -0.15) is 0 Å². The molecule has 1 heterocycles. The van der Waals surface area contributed by atoms with Gasteiger partial charge in [0.05, 0.1) is 6.61 Å². The third-order valence-electron chi connectivity index (χ3n) is 3.99. The number of aromatic nitrogens is 1. The smallest absolute Gasteiger partial charge is 0.126 e. The Morgan fingerprint density at radius 2 is 2.20 bits per heavy atom. The fourth-order valence-electron chi connectivity index (χ4n) is 2.95. The van der Waals surface area contributed by atoms with Crippen LogP contribution in [0.5, 0.6) is 0 Å². The summed E-state index contributed by atoms with van der Waals surface area (Å²) in [4.78, 5) is 6.77. The summed E-state index contributed by atoms with van der Waals surface area (Å²) in [5.41, 5.74) is 1.28. The van der Waals surface area contributed by atoms with Crippen molar-refractivity contribution in [1.82, 2.24) is 9.88 Å². The zero-order valence-electron chi connectivity index (χ0n) is 12.5. The van der Waals surface area contributed by atoms with Crippen molar-refractivity contribution >= 4 is 5.82 Å². The van der Waals surface area contributed by atoms with Gasteiger partial charge >= 0.3 is 0 Å². The molecule has 2 N–H and O–H groups in total. The van der Waals surface area contributed by atoms with E-state index >= 15 is 0 Å². The van der Waals surface area contributed by atoms with E-state index in [1.54, 1.807) is 0 Å². The molecule has 0 spiro atoms. The van der Waals surface area contributed by atoms with Crippen molar-refractivity contribution in [2.75, 3.05) is 25.0 Å². The highest BCUT2D eigenvalue weighted by Gasteiger charge is 2.22. The maximum Gasteiger partial charge on any atom is 0.126 e. The summed E-state index contributed by atoms with van der Waals surface area (Å²) in [5.74, 6) is 0.958. The van der Waals surface area contributed by atoms with E-state index in [-0.39, 0.29) is 6.61 Å². The first-order chi connectivity index (χ1) is 9.83. The number of nitrogens with zero attached hydrogens (tertiary/aromatic N) is 2. The molecule has 1 aliphatic rings. The average Bonchev–Trinajstić information content (AvgIpc) is 2.99. The largest absolute Gasteiger partial charge is 0.395 e. The van der Waals surface area contributed by atoms with Gasteiger partial charge < -0.3 is 10.4 Å². The van der Waals surface area contributed by atoms with Crippen molar-refractivity contribution in [2.24, 2.45) is 0 Å². The lowest BCUT2D eigenvalue weighted by Crippen LogP contribution is -2.35. The predicted octanol–water partition coefficient (Wildman–Crippen LogP) is 2.64. The normalized spacial score (nSPS) is 15.9. The fraction of sp³-hybridized carbons (Fsp3) is 0.688. The number of rotatable bonds is 8. The molecule has 1 aliphatic carbocycles.